The van der Waals surface area contributed by atoms with Gasteiger partial charge in [-0.1, -0.05) is 18.2 Å². The monoisotopic (exact) mass is 263 g/mol. The van der Waals surface area contributed by atoms with Crippen molar-refractivity contribution < 1.29 is 9.59 Å². The predicted octanol–water partition coefficient (Wildman–Crippen LogP) is 2.14. The standard InChI is InChI=1S/C14H17NO2S/c1-18-13-5-3-2-4-11(13)10-14(17)15-8-6-12(16)7-9-15/h2-5H,6-10H2,1H3. The van der Waals surface area contributed by atoms with E-state index in [9.17, 15) is 9.59 Å². The largest absolute Gasteiger partial charge is 0.342 e. The summed E-state index contributed by atoms with van der Waals surface area (Å²) in [6.07, 6.45) is 3.47. The minimum absolute atomic E-state index is 0.129. The number of thioether (sulfide) groups is 1. The van der Waals surface area contributed by atoms with Crippen LogP contribution in [0.25, 0.3) is 0 Å². The highest BCUT2D eigenvalue weighted by atomic mass is 32.2. The molecule has 1 amide bonds. The molecule has 0 unspecified atom stereocenters. The number of carbonyl (C=O) groups excluding carboxylic acids is 2. The van der Waals surface area contributed by atoms with Gasteiger partial charge in [-0.25, -0.2) is 0 Å². The van der Waals surface area contributed by atoms with E-state index in [1.807, 2.05) is 30.5 Å². The maximum atomic E-state index is 12.1. The van der Waals surface area contributed by atoms with Crippen molar-refractivity contribution in [3.05, 3.63) is 29.8 Å². The van der Waals surface area contributed by atoms with Gasteiger partial charge in [-0.15, -0.1) is 11.8 Å². The number of Topliss-reactive ketones (excluding diaryl/α,β-unsaturated/α-hetero) is 1. The third kappa shape index (κ3) is 3.13. The van der Waals surface area contributed by atoms with Crippen LogP contribution in [0.15, 0.2) is 29.2 Å². The van der Waals surface area contributed by atoms with Crippen molar-refractivity contribution in [1.29, 1.82) is 0 Å². The van der Waals surface area contributed by atoms with Gasteiger partial charge in [0.05, 0.1) is 6.42 Å². The Hall–Kier alpha value is -1.29. The van der Waals surface area contributed by atoms with Crippen LogP contribution in [0.2, 0.25) is 0 Å². The maximum absolute atomic E-state index is 12.1. The SMILES string of the molecule is CSc1ccccc1CC(=O)N1CCC(=O)CC1. The van der Waals surface area contributed by atoms with Crippen LogP contribution in [0.5, 0.6) is 0 Å². The van der Waals surface area contributed by atoms with E-state index < -0.39 is 0 Å². The third-order valence-corrected chi connectivity index (χ3v) is 4.05. The minimum Gasteiger partial charge on any atom is -0.342 e. The van der Waals surface area contributed by atoms with Gasteiger partial charge >= 0.3 is 0 Å². The molecule has 1 saturated heterocycles. The molecule has 1 aromatic carbocycles. The van der Waals surface area contributed by atoms with Crippen molar-refractivity contribution >= 4 is 23.5 Å². The van der Waals surface area contributed by atoms with Crippen LogP contribution in [0.3, 0.4) is 0 Å². The first kappa shape index (κ1) is 13.1. The molecule has 4 heteroatoms. The Labute approximate surface area is 112 Å². The Morgan fingerprint density at radius 1 is 1.28 bits per heavy atom. The highest BCUT2D eigenvalue weighted by Crippen LogP contribution is 2.21. The molecule has 1 heterocycles. The number of nitrogens with zero attached hydrogens (tertiary/aromatic N) is 1. The van der Waals surface area contributed by atoms with E-state index >= 15 is 0 Å². The van der Waals surface area contributed by atoms with E-state index in [2.05, 4.69) is 0 Å². The first-order valence-electron chi connectivity index (χ1n) is 6.12. The summed E-state index contributed by atoms with van der Waals surface area (Å²) in [4.78, 5) is 26.3. The van der Waals surface area contributed by atoms with Crippen molar-refractivity contribution in [3.8, 4) is 0 Å². The molecule has 0 spiro atoms. The van der Waals surface area contributed by atoms with Gasteiger partial charge in [-0.2, -0.15) is 0 Å². The smallest absolute Gasteiger partial charge is 0.227 e. The van der Waals surface area contributed by atoms with Crippen molar-refractivity contribution in [1.82, 2.24) is 4.90 Å². The molecule has 3 nitrogen and oxygen atoms in total. The van der Waals surface area contributed by atoms with E-state index in [-0.39, 0.29) is 11.7 Å². The molecule has 0 saturated carbocycles. The van der Waals surface area contributed by atoms with E-state index in [4.69, 9.17) is 0 Å². The third-order valence-electron chi connectivity index (χ3n) is 3.21. The normalized spacial score (nSPS) is 15.8. The lowest BCUT2D eigenvalue weighted by Gasteiger charge is -2.26. The summed E-state index contributed by atoms with van der Waals surface area (Å²) in [5.74, 6) is 0.396. The second kappa shape index (κ2) is 6.05. The molecule has 18 heavy (non-hydrogen) atoms. The number of hydrogen-bond donors (Lipinski definition) is 0. The molecule has 96 valence electrons. The number of likely N-dealkylation sites (tertiary alicyclic amines) is 1. The van der Waals surface area contributed by atoms with Crippen LogP contribution in [0.1, 0.15) is 18.4 Å². The molecule has 1 aliphatic heterocycles. The number of rotatable bonds is 3. The molecule has 1 aliphatic rings. The Morgan fingerprint density at radius 2 is 1.94 bits per heavy atom. The van der Waals surface area contributed by atoms with Crippen molar-refractivity contribution in [2.24, 2.45) is 0 Å². The lowest BCUT2D eigenvalue weighted by Crippen LogP contribution is -2.39. The van der Waals surface area contributed by atoms with Crippen LogP contribution < -0.4 is 0 Å². The lowest BCUT2D eigenvalue weighted by molar-refractivity contribution is -0.133. The number of carbonyl (C=O) groups is 2. The van der Waals surface area contributed by atoms with E-state index in [0.717, 1.165) is 10.5 Å². The Balaban J connectivity index is 2.00. The van der Waals surface area contributed by atoms with E-state index in [1.54, 1.807) is 16.7 Å². The van der Waals surface area contributed by atoms with Gasteiger partial charge in [0, 0.05) is 30.8 Å². The van der Waals surface area contributed by atoms with Gasteiger partial charge in [-0.05, 0) is 17.9 Å². The molecule has 0 aliphatic carbocycles. The summed E-state index contributed by atoms with van der Waals surface area (Å²) in [7, 11) is 0. The molecular weight excluding hydrogens is 246 g/mol. The van der Waals surface area contributed by atoms with Gasteiger partial charge in [0.2, 0.25) is 5.91 Å². The fraction of sp³-hybridized carbons (Fsp3) is 0.429. The molecule has 1 fully saturated rings. The van der Waals surface area contributed by atoms with E-state index in [0.29, 0.717) is 32.4 Å². The first-order valence-corrected chi connectivity index (χ1v) is 7.34. The van der Waals surface area contributed by atoms with Crippen LogP contribution in [0, 0.1) is 0 Å². The summed E-state index contributed by atoms with van der Waals surface area (Å²) < 4.78 is 0. The number of benzene rings is 1. The van der Waals surface area contributed by atoms with Crippen molar-refractivity contribution in [2.45, 2.75) is 24.2 Å². The summed E-state index contributed by atoms with van der Waals surface area (Å²) >= 11 is 1.66. The summed E-state index contributed by atoms with van der Waals surface area (Å²) in [5, 5.41) is 0. The van der Waals surface area contributed by atoms with Crippen LogP contribution >= 0.6 is 11.8 Å². The Bertz CT molecular complexity index is 449. The highest BCUT2D eigenvalue weighted by Gasteiger charge is 2.21. The summed E-state index contributed by atoms with van der Waals surface area (Å²) in [6, 6.07) is 7.98. The van der Waals surface area contributed by atoms with Crippen molar-refractivity contribution in [3.63, 3.8) is 0 Å². The van der Waals surface area contributed by atoms with Gasteiger partial charge < -0.3 is 4.90 Å². The predicted molar refractivity (Wildman–Crippen MR) is 72.7 cm³/mol. The number of hydrogen-bond acceptors (Lipinski definition) is 3. The zero-order chi connectivity index (χ0) is 13.0. The van der Waals surface area contributed by atoms with Crippen LogP contribution in [-0.2, 0) is 16.0 Å². The molecular formula is C14H17NO2S. The zero-order valence-electron chi connectivity index (χ0n) is 10.5. The molecule has 2 rings (SSSR count). The first-order chi connectivity index (χ1) is 8.70. The average Bonchev–Trinajstić information content (AvgIpc) is 2.40. The molecule has 1 aromatic rings. The quantitative estimate of drug-likeness (QED) is 0.784. The molecule has 0 bridgehead atoms. The van der Waals surface area contributed by atoms with Gasteiger partial charge in [0.1, 0.15) is 5.78 Å². The van der Waals surface area contributed by atoms with E-state index in [1.165, 1.54) is 0 Å². The molecule has 0 atom stereocenters. The van der Waals surface area contributed by atoms with Gasteiger partial charge in [0.15, 0.2) is 0 Å². The zero-order valence-corrected chi connectivity index (χ0v) is 11.3. The Morgan fingerprint density at radius 3 is 2.61 bits per heavy atom. The topological polar surface area (TPSA) is 37.4 Å². The number of amides is 1. The van der Waals surface area contributed by atoms with Crippen LogP contribution in [-0.4, -0.2) is 35.9 Å². The van der Waals surface area contributed by atoms with Gasteiger partial charge in [-0.3, -0.25) is 9.59 Å². The molecule has 0 aromatic heterocycles. The molecule has 0 radical (unpaired) electrons. The van der Waals surface area contributed by atoms with Crippen molar-refractivity contribution in [2.75, 3.05) is 19.3 Å². The fourth-order valence-electron chi connectivity index (χ4n) is 2.13. The fourth-order valence-corrected chi connectivity index (χ4v) is 2.75. The second-order valence-corrected chi connectivity index (χ2v) is 5.26. The average molecular weight is 263 g/mol. The second-order valence-electron chi connectivity index (χ2n) is 4.41. The van der Waals surface area contributed by atoms with Gasteiger partial charge in [0.25, 0.3) is 0 Å². The van der Waals surface area contributed by atoms with Crippen LogP contribution in [0.4, 0.5) is 0 Å². The minimum atomic E-state index is 0.129. The highest BCUT2D eigenvalue weighted by molar-refractivity contribution is 7.98. The number of ketones is 1. The lowest BCUT2D eigenvalue weighted by atomic mass is 10.1. The summed E-state index contributed by atoms with van der Waals surface area (Å²) in [6.45, 7) is 1.16. The number of piperidine rings is 1. The summed E-state index contributed by atoms with van der Waals surface area (Å²) in [5.41, 5.74) is 1.08. The molecule has 0 N–H and O–H groups in total. The Kier molecular flexibility index (Phi) is 4.42. The maximum Gasteiger partial charge on any atom is 0.227 e.